The maximum atomic E-state index is 8.99. The Labute approximate surface area is 103 Å². The molecule has 0 atom stereocenters. The van der Waals surface area contributed by atoms with Crippen LogP contribution >= 0.6 is 0 Å². The van der Waals surface area contributed by atoms with Gasteiger partial charge in [0, 0.05) is 0 Å². The van der Waals surface area contributed by atoms with E-state index in [1.165, 1.54) is 0 Å². The Morgan fingerprint density at radius 3 is 3.06 bits per heavy atom. The van der Waals surface area contributed by atoms with E-state index in [4.69, 9.17) is 9.68 Å². The number of benzene rings is 1. The van der Waals surface area contributed by atoms with Crippen LogP contribution < -0.4 is 5.32 Å². The second-order valence-corrected chi connectivity index (χ2v) is 3.83. The zero-order chi connectivity index (χ0) is 12.4. The molecule has 0 saturated heterocycles. The molecule has 0 bridgehead atoms. The molecule has 0 unspecified atom stereocenters. The first-order valence-corrected chi connectivity index (χ1v) is 5.52. The third kappa shape index (κ3) is 1.80. The number of aromatic nitrogens is 2. The van der Waals surface area contributed by atoms with Crippen LogP contribution in [0.1, 0.15) is 11.3 Å². The first kappa shape index (κ1) is 10.4. The molecule has 2 heterocycles. The lowest BCUT2D eigenvalue weighted by molar-refractivity contribution is 0.517. The molecule has 3 rings (SSSR count). The predicted molar refractivity (Wildman–Crippen MR) is 66.8 cm³/mol. The van der Waals surface area contributed by atoms with Crippen molar-refractivity contribution in [2.24, 2.45) is 0 Å². The molecule has 5 heteroatoms. The van der Waals surface area contributed by atoms with Crippen molar-refractivity contribution in [1.82, 2.24) is 9.97 Å². The summed E-state index contributed by atoms with van der Waals surface area (Å²) in [7, 11) is 0. The van der Waals surface area contributed by atoms with Gasteiger partial charge in [-0.25, -0.2) is 4.98 Å². The summed E-state index contributed by atoms with van der Waals surface area (Å²) in [6.45, 7) is 0.550. The summed E-state index contributed by atoms with van der Waals surface area (Å²) in [5, 5.41) is 12.1. The number of rotatable bonds is 3. The minimum absolute atomic E-state index is 0.550. The number of fused-ring (bicyclic) bond motifs is 1. The van der Waals surface area contributed by atoms with Gasteiger partial charge in [0.15, 0.2) is 0 Å². The topological polar surface area (TPSA) is 77.6 Å². The van der Waals surface area contributed by atoms with Crippen LogP contribution in [0.25, 0.3) is 11.0 Å². The third-order valence-corrected chi connectivity index (χ3v) is 2.64. The van der Waals surface area contributed by atoms with Gasteiger partial charge in [-0.3, -0.25) is 0 Å². The molecule has 0 spiro atoms. The molecule has 1 aromatic carbocycles. The van der Waals surface area contributed by atoms with Gasteiger partial charge in [-0.2, -0.15) is 5.26 Å². The Bertz CT molecular complexity index is 706. The van der Waals surface area contributed by atoms with Crippen molar-refractivity contribution >= 4 is 17.0 Å². The van der Waals surface area contributed by atoms with Crippen molar-refractivity contribution in [3.05, 3.63) is 47.9 Å². The molecule has 0 fully saturated rings. The Morgan fingerprint density at radius 2 is 2.28 bits per heavy atom. The average Bonchev–Trinajstić information content (AvgIpc) is 3.04. The van der Waals surface area contributed by atoms with E-state index in [-0.39, 0.29) is 0 Å². The Balaban J connectivity index is 1.87. The number of furan rings is 1. The number of nitriles is 1. The van der Waals surface area contributed by atoms with Gasteiger partial charge in [-0.05, 0) is 24.3 Å². The second-order valence-electron chi connectivity index (χ2n) is 3.83. The Kier molecular flexibility index (Phi) is 2.47. The molecule has 0 radical (unpaired) electrons. The summed E-state index contributed by atoms with van der Waals surface area (Å²) in [5.74, 6) is 1.46. The van der Waals surface area contributed by atoms with Gasteiger partial charge in [-0.1, -0.05) is 6.07 Å². The Morgan fingerprint density at radius 1 is 1.33 bits per heavy atom. The molecule has 18 heavy (non-hydrogen) atoms. The highest BCUT2D eigenvalue weighted by Gasteiger charge is 2.06. The smallest absolute Gasteiger partial charge is 0.201 e. The number of imidazole rings is 1. The van der Waals surface area contributed by atoms with E-state index in [0.29, 0.717) is 23.6 Å². The highest BCUT2D eigenvalue weighted by atomic mass is 16.3. The maximum absolute atomic E-state index is 8.99. The van der Waals surface area contributed by atoms with E-state index in [2.05, 4.69) is 21.4 Å². The SMILES string of the molecule is N#Cc1cccc2[nH]c(NCc3ccco3)nc12. The van der Waals surface area contributed by atoms with Crippen molar-refractivity contribution in [2.75, 3.05) is 5.32 Å². The van der Waals surface area contributed by atoms with Crippen LogP contribution in [0.15, 0.2) is 41.0 Å². The average molecular weight is 238 g/mol. The molecule has 0 amide bonds. The standard InChI is InChI=1S/C13H10N4O/c14-7-9-3-1-5-11-12(9)17-13(16-11)15-8-10-4-2-6-18-10/h1-6H,8H2,(H2,15,16,17). The minimum atomic E-state index is 0.550. The molecule has 5 nitrogen and oxygen atoms in total. The first-order chi connectivity index (χ1) is 8.86. The van der Waals surface area contributed by atoms with Gasteiger partial charge in [0.05, 0.1) is 23.9 Å². The third-order valence-electron chi connectivity index (χ3n) is 2.64. The summed E-state index contributed by atoms with van der Waals surface area (Å²) >= 11 is 0. The first-order valence-electron chi connectivity index (χ1n) is 5.52. The van der Waals surface area contributed by atoms with Crippen molar-refractivity contribution in [3.63, 3.8) is 0 Å². The number of para-hydroxylation sites is 1. The van der Waals surface area contributed by atoms with Crippen LogP contribution in [0.5, 0.6) is 0 Å². The van der Waals surface area contributed by atoms with Crippen molar-refractivity contribution in [2.45, 2.75) is 6.54 Å². The zero-order valence-electron chi connectivity index (χ0n) is 9.47. The highest BCUT2D eigenvalue weighted by Crippen LogP contribution is 2.18. The molecular weight excluding hydrogens is 228 g/mol. The maximum Gasteiger partial charge on any atom is 0.201 e. The lowest BCUT2D eigenvalue weighted by Gasteiger charge is -1.98. The molecule has 0 aliphatic carbocycles. The number of hydrogen-bond acceptors (Lipinski definition) is 4. The van der Waals surface area contributed by atoms with Crippen LogP contribution in [-0.4, -0.2) is 9.97 Å². The highest BCUT2D eigenvalue weighted by molar-refractivity contribution is 5.83. The van der Waals surface area contributed by atoms with E-state index in [1.54, 1.807) is 12.3 Å². The molecule has 88 valence electrons. The van der Waals surface area contributed by atoms with Crippen LogP contribution in [-0.2, 0) is 6.54 Å². The monoisotopic (exact) mass is 238 g/mol. The van der Waals surface area contributed by atoms with Crippen LogP contribution in [0.3, 0.4) is 0 Å². The lowest BCUT2D eigenvalue weighted by atomic mass is 10.2. The number of H-pyrrole nitrogens is 1. The fourth-order valence-electron chi connectivity index (χ4n) is 1.79. The van der Waals surface area contributed by atoms with Gasteiger partial charge in [0.1, 0.15) is 17.3 Å². The van der Waals surface area contributed by atoms with Crippen LogP contribution in [0.4, 0.5) is 5.95 Å². The largest absolute Gasteiger partial charge is 0.467 e. The fraction of sp³-hybridized carbons (Fsp3) is 0.0769. The van der Waals surface area contributed by atoms with Gasteiger partial charge in [0.25, 0.3) is 0 Å². The fourth-order valence-corrected chi connectivity index (χ4v) is 1.79. The van der Waals surface area contributed by atoms with E-state index in [9.17, 15) is 0 Å². The molecule has 0 aliphatic heterocycles. The van der Waals surface area contributed by atoms with Gasteiger partial charge in [-0.15, -0.1) is 0 Å². The number of nitrogens with one attached hydrogen (secondary N) is 2. The van der Waals surface area contributed by atoms with E-state index >= 15 is 0 Å². The van der Waals surface area contributed by atoms with Crippen molar-refractivity contribution < 1.29 is 4.42 Å². The van der Waals surface area contributed by atoms with Crippen molar-refractivity contribution in [3.8, 4) is 6.07 Å². The van der Waals surface area contributed by atoms with Gasteiger partial charge < -0.3 is 14.7 Å². The molecule has 2 aromatic heterocycles. The Hall–Kier alpha value is -2.74. The summed E-state index contributed by atoms with van der Waals surface area (Å²) in [5.41, 5.74) is 2.09. The molecule has 3 aromatic rings. The molecule has 0 aliphatic rings. The molecular formula is C13H10N4O. The number of anilines is 1. The summed E-state index contributed by atoms with van der Waals surface area (Å²) in [6.07, 6.45) is 1.63. The minimum Gasteiger partial charge on any atom is -0.467 e. The lowest BCUT2D eigenvalue weighted by Crippen LogP contribution is -1.99. The predicted octanol–water partition coefficient (Wildman–Crippen LogP) is 2.64. The van der Waals surface area contributed by atoms with Gasteiger partial charge >= 0.3 is 0 Å². The van der Waals surface area contributed by atoms with Gasteiger partial charge in [0.2, 0.25) is 5.95 Å². The van der Waals surface area contributed by atoms with Crippen LogP contribution in [0, 0.1) is 11.3 Å². The van der Waals surface area contributed by atoms with E-state index in [1.807, 2.05) is 24.3 Å². The van der Waals surface area contributed by atoms with Crippen molar-refractivity contribution in [1.29, 1.82) is 5.26 Å². The summed E-state index contributed by atoms with van der Waals surface area (Å²) in [6, 6.07) is 11.3. The number of aromatic amines is 1. The van der Waals surface area contributed by atoms with E-state index in [0.717, 1.165) is 11.3 Å². The summed E-state index contributed by atoms with van der Waals surface area (Å²) in [4.78, 5) is 7.47. The number of nitrogens with zero attached hydrogens (tertiary/aromatic N) is 2. The molecule has 0 saturated carbocycles. The normalized spacial score (nSPS) is 10.4. The quantitative estimate of drug-likeness (QED) is 0.735. The summed E-state index contributed by atoms with van der Waals surface area (Å²) < 4.78 is 5.22. The number of hydrogen-bond donors (Lipinski definition) is 2. The van der Waals surface area contributed by atoms with E-state index < -0.39 is 0 Å². The zero-order valence-corrected chi connectivity index (χ0v) is 9.47. The molecule has 2 N–H and O–H groups in total. The van der Waals surface area contributed by atoms with Crippen LogP contribution in [0.2, 0.25) is 0 Å². The second kappa shape index (κ2) is 4.26.